The van der Waals surface area contributed by atoms with Gasteiger partial charge in [-0.1, -0.05) is 32.9 Å². The van der Waals surface area contributed by atoms with Gasteiger partial charge in [-0.15, -0.1) is 0 Å². The van der Waals surface area contributed by atoms with Gasteiger partial charge in [-0.25, -0.2) is 5.43 Å². The quantitative estimate of drug-likeness (QED) is 0.666. The molecule has 0 saturated heterocycles. The molecule has 0 fully saturated rings. The Bertz CT molecular complexity index is 756. The van der Waals surface area contributed by atoms with E-state index >= 15 is 0 Å². The molecule has 6 heteroatoms. The highest BCUT2D eigenvalue weighted by atomic mass is 16.3. The second-order valence-electron chi connectivity index (χ2n) is 6.40. The standard InChI is InChI=1S/C18H21N3O3/c1-12(20-21-16(22)15-9-6-10-24-15)13-7-5-8-14(11-13)19-17(23)18(2,3)4/h5-11H,1-4H3,(H,19,23)(H,21,22)/b20-12-. The van der Waals surface area contributed by atoms with E-state index in [0.717, 1.165) is 5.56 Å². The number of furan rings is 1. The normalized spacial score (nSPS) is 11.9. The summed E-state index contributed by atoms with van der Waals surface area (Å²) in [5.74, 6) is -0.297. The number of hydrogen-bond donors (Lipinski definition) is 2. The number of rotatable bonds is 4. The molecule has 6 nitrogen and oxygen atoms in total. The minimum atomic E-state index is -0.476. The molecule has 1 aromatic carbocycles. The predicted molar refractivity (Wildman–Crippen MR) is 92.9 cm³/mol. The van der Waals surface area contributed by atoms with E-state index in [1.165, 1.54) is 6.26 Å². The fraction of sp³-hybridized carbons (Fsp3) is 0.278. The molecule has 1 heterocycles. The molecule has 0 bridgehead atoms. The lowest BCUT2D eigenvalue weighted by molar-refractivity contribution is -0.123. The first-order valence-corrected chi connectivity index (χ1v) is 7.57. The maximum atomic E-state index is 12.1. The number of nitrogens with zero attached hydrogens (tertiary/aromatic N) is 1. The molecule has 0 unspecified atom stereocenters. The van der Waals surface area contributed by atoms with Crippen molar-refractivity contribution in [2.75, 3.05) is 5.32 Å². The van der Waals surface area contributed by atoms with Crippen LogP contribution in [-0.4, -0.2) is 17.5 Å². The second-order valence-corrected chi connectivity index (χ2v) is 6.40. The third-order valence-corrected chi connectivity index (χ3v) is 3.29. The van der Waals surface area contributed by atoms with Crippen molar-refractivity contribution in [3.05, 3.63) is 54.0 Å². The molecular formula is C18H21N3O3. The lowest BCUT2D eigenvalue weighted by atomic mass is 9.95. The number of hydrogen-bond acceptors (Lipinski definition) is 4. The molecule has 0 spiro atoms. The van der Waals surface area contributed by atoms with Crippen molar-refractivity contribution >= 4 is 23.2 Å². The molecule has 0 aliphatic heterocycles. The molecule has 0 atom stereocenters. The summed E-state index contributed by atoms with van der Waals surface area (Å²) in [6, 6.07) is 10.5. The van der Waals surface area contributed by atoms with Gasteiger partial charge in [0.15, 0.2) is 5.76 Å². The molecule has 2 N–H and O–H groups in total. The van der Waals surface area contributed by atoms with Crippen LogP contribution in [0, 0.1) is 5.41 Å². The highest BCUT2D eigenvalue weighted by Crippen LogP contribution is 2.18. The van der Waals surface area contributed by atoms with Crippen LogP contribution in [0.5, 0.6) is 0 Å². The molecule has 1 aromatic heterocycles. The van der Waals surface area contributed by atoms with Crippen LogP contribution >= 0.6 is 0 Å². The third kappa shape index (κ3) is 4.55. The van der Waals surface area contributed by atoms with Crippen LogP contribution in [0.3, 0.4) is 0 Å². The van der Waals surface area contributed by atoms with Gasteiger partial charge in [0, 0.05) is 11.1 Å². The molecule has 0 aliphatic rings. The zero-order chi connectivity index (χ0) is 17.7. The van der Waals surface area contributed by atoms with E-state index in [9.17, 15) is 9.59 Å². The topological polar surface area (TPSA) is 83.7 Å². The van der Waals surface area contributed by atoms with Crippen molar-refractivity contribution in [1.29, 1.82) is 0 Å². The number of nitrogens with one attached hydrogen (secondary N) is 2. The monoisotopic (exact) mass is 327 g/mol. The molecule has 2 amide bonds. The lowest BCUT2D eigenvalue weighted by Gasteiger charge is -2.18. The van der Waals surface area contributed by atoms with Crippen molar-refractivity contribution in [2.45, 2.75) is 27.7 Å². The Morgan fingerprint density at radius 3 is 2.50 bits per heavy atom. The number of carbonyl (C=O) groups is 2. The molecule has 24 heavy (non-hydrogen) atoms. The number of amides is 2. The average molecular weight is 327 g/mol. The van der Waals surface area contributed by atoms with Crippen LogP contribution in [-0.2, 0) is 4.79 Å². The highest BCUT2D eigenvalue weighted by Gasteiger charge is 2.21. The van der Waals surface area contributed by atoms with Gasteiger partial charge in [0.25, 0.3) is 0 Å². The van der Waals surface area contributed by atoms with Gasteiger partial charge in [-0.2, -0.15) is 5.10 Å². The van der Waals surface area contributed by atoms with Gasteiger partial charge >= 0.3 is 5.91 Å². The maximum Gasteiger partial charge on any atom is 0.307 e. The Morgan fingerprint density at radius 2 is 1.88 bits per heavy atom. The van der Waals surface area contributed by atoms with Gasteiger partial charge in [0.05, 0.1) is 12.0 Å². The summed E-state index contributed by atoms with van der Waals surface area (Å²) in [4.78, 5) is 23.8. The van der Waals surface area contributed by atoms with E-state index in [1.54, 1.807) is 19.1 Å². The maximum absolute atomic E-state index is 12.1. The molecule has 126 valence electrons. The van der Waals surface area contributed by atoms with E-state index in [2.05, 4.69) is 15.8 Å². The van der Waals surface area contributed by atoms with Gasteiger partial charge < -0.3 is 9.73 Å². The minimum absolute atomic E-state index is 0.0691. The highest BCUT2D eigenvalue weighted by molar-refractivity contribution is 6.02. The van der Waals surface area contributed by atoms with Crippen LogP contribution in [0.1, 0.15) is 43.8 Å². The summed E-state index contributed by atoms with van der Waals surface area (Å²) in [5, 5.41) is 6.93. The van der Waals surface area contributed by atoms with Crippen LogP contribution in [0.2, 0.25) is 0 Å². The Hall–Kier alpha value is -2.89. The lowest BCUT2D eigenvalue weighted by Crippen LogP contribution is -2.27. The van der Waals surface area contributed by atoms with E-state index in [4.69, 9.17) is 4.42 Å². The number of anilines is 1. The van der Waals surface area contributed by atoms with Gasteiger partial charge in [0.2, 0.25) is 5.91 Å². The Kier molecular flexibility index (Phi) is 5.18. The number of carbonyl (C=O) groups excluding carboxylic acids is 2. The fourth-order valence-electron chi connectivity index (χ4n) is 1.80. The number of benzene rings is 1. The molecule has 0 aliphatic carbocycles. The summed E-state index contributed by atoms with van der Waals surface area (Å²) in [5.41, 5.74) is 4.05. The Labute approximate surface area is 140 Å². The second kappa shape index (κ2) is 7.12. The van der Waals surface area contributed by atoms with Gasteiger partial charge in [-0.05, 0) is 36.8 Å². The predicted octanol–water partition coefficient (Wildman–Crippen LogP) is 3.42. The molecule has 0 saturated carbocycles. The first-order chi connectivity index (χ1) is 11.3. The van der Waals surface area contributed by atoms with Gasteiger partial charge in [-0.3, -0.25) is 9.59 Å². The summed E-state index contributed by atoms with van der Waals surface area (Å²) in [6.45, 7) is 7.32. The van der Waals surface area contributed by atoms with E-state index in [1.807, 2.05) is 45.0 Å². The minimum Gasteiger partial charge on any atom is -0.459 e. The Balaban J connectivity index is 2.08. The zero-order valence-electron chi connectivity index (χ0n) is 14.2. The fourth-order valence-corrected chi connectivity index (χ4v) is 1.80. The molecule has 0 radical (unpaired) electrons. The third-order valence-electron chi connectivity index (χ3n) is 3.29. The molecule has 2 rings (SSSR count). The van der Waals surface area contributed by atoms with Crippen LogP contribution in [0.15, 0.2) is 52.2 Å². The van der Waals surface area contributed by atoms with Crippen LogP contribution in [0.25, 0.3) is 0 Å². The molecular weight excluding hydrogens is 306 g/mol. The van der Waals surface area contributed by atoms with Crippen molar-refractivity contribution in [1.82, 2.24) is 5.43 Å². The van der Waals surface area contributed by atoms with Crippen molar-refractivity contribution < 1.29 is 14.0 Å². The average Bonchev–Trinajstić information content (AvgIpc) is 3.06. The van der Waals surface area contributed by atoms with Crippen molar-refractivity contribution in [3.8, 4) is 0 Å². The SMILES string of the molecule is C/C(=N/NC(=O)c1ccco1)c1cccc(NC(=O)C(C)(C)C)c1. The van der Waals surface area contributed by atoms with E-state index in [0.29, 0.717) is 11.4 Å². The summed E-state index contributed by atoms with van der Waals surface area (Å²) in [6.07, 6.45) is 1.42. The van der Waals surface area contributed by atoms with E-state index < -0.39 is 11.3 Å². The van der Waals surface area contributed by atoms with Crippen LogP contribution in [0.4, 0.5) is 5.69 Å². The first-order valence-electron chi connectivity index (χ1n) is 7.57. The van der Waals surface area contributed by atoms with E-state index in [-0.39, 0.29) is 11.7 Å². The zero-order valence-corrected chi connectivity index (χ0v) is 14.2. The largest absolute Gasteiger partial charge is 0.459 e. The summed E-state index contributed by atoms with van der Waals surface area (Å²) < 4.78 is 5.00. The van der Waals surface area contributed by atoms with Crippen molar-refractivity contribution in [2.24, 2.45) is 10.5 Å². The molecule has 2 aromatic rings. The smallest absolute Gasteiger partial charge is 0.307 e. The first kappa shape index (κ1) is 17.5. The van der Waals surface area contributed by atoms with Crippen molar-refractivity contribution in [3.63, 3.8) is 0 Å². The summed E-state index contributed by atoms with van der Waals surface area (Å²) in [7, 11) is 0. The van der Waals surface area contributed by atoms with Gasteiger partial charge in [0.1, 0.15) is 0 Å². The Morgan fingerprint density at radius 1 is 1.12 bits per heavy atom. The summed E-state index contributed by atoms with van der Waals surface area (Å²) >= 11 is 0. The number of hydrazone groups is 1. The van der Waals surface area contributed by atoms with Crippen LogP contribution < -0.4 is 10.7 Å².